The first-order valence-electron chi connectivity index (χ1n) is 8.21. The van der Waals surface area contributed by atoms with Gasteiger partial charge in [-0.05, 0) is 11.6 Å². The van der Waals surface area contributed by atoms with Crippen molar-refractivity contribution in [2.24, 2.45) is 5.10 Å². The minimum atomic E-state index is -0.754. The molecule has 0 radical (unpaired) electrons. The van der Waals surface area contributed by atoms with Crippen LogP contribution in [0.2, 0.25) is 5.02 Å². The van der Waals surface area contributed by atoms with Crippen LogP contribution in [-0.2, 0) is 0 Å². The van der Waals surface area contributed by atoms with Crippen molar-refractivity contribution in [2.75, 3.05) is 0 Å². The van der Waals surface area contributed by atoms with E-state index in [1.165, 1.54) is 23.7 Å². The van der Waals surface area contributed by atoms with Crippen molar-refractivity contribution in [1.29, 1.82) is 0 Å². The van der Waals surface area contributed by atoms with Gasteiger partial charge >= 0.3 is 5.69 Å². The van der Waals surface area contributed by atoms with Crippen molar-refractivity contribution in [2.45, 2.75) is 0 Å². The molecule has 0 spiro atoms. The topological polar surface area (TPSA) is 111 Å². The second kappa shape index (κ2) is 7.46. The number of fused-ring (bicyclic) bond motifs is 1. The standard InChI is InChI=1S/C19H11ClN4O4S/c20-13-6-12(17(25)15(7-13)24(27)28)8-22-23-10-21-18-16(19(23)26)14(9-29-18)11-4-2-1-3-5-11/h1-10,25H/b22-8-. The van der Waals surface area contributed by atoms with Gasteiger partial charge < -0.3 is 5.11 Å². The number of rotatable bonds is 4. The summed E-state index contributed by atoms with van der Waals surface area (Å²) >= 11 is 7.22. The number of thiophene rings is 1. The van der Waals surface area contributed by atoms with Crippen molar-refractivity contribution in [1.82, 2.24) is 9.66 Å². The number of phenolic OH excluding ortho intramolecular Hbond substituents is 1. The highest BCUT2D eigenvalue weighted by atomic mass is 35.5. The van der Waals surface area contributed by atoms with E-state index in [9.17, 15) is 20.0 Å². The summed E-state index contributed by atoms with van der Waals surface area (Å²) in [4.78, 5) is 28.0. The van der Waals surface area contributed by atoms with E-state index in [1.807, 2.05) is 35.7 Å². The van der Waals surface area contributed by atoms with Gasteiger partial charge in [-0.3, -0.25) is 14.9 Å². The zero-order valence-corrected chi connectivity index (χ0v) is 16.1. The summed E-state index contributed by atoms with van der Waals surface area (Å²) in [5.41, 5.74) is 0.674. The molecule has 0 fully saturated rings. The Morgan fingerprint density at radius 1 is 1.28 bits per heavy atom. The summed E-state index contributed by atoms with van der Waals surface area (Å²) in [5.74, 6) is -0.592. The molecule has 2 aromatic carbocycles. The van der Waals surface area contributed by atoms with E-state index >= 15 is 0 Å². The molecule has 2 heterocycles. The van der Waals surface area contributed by atoms with Crippen LogP contribution in [0.15, 0.2) is 64.1 Å². The molecule has 1 N–H and O–H groups in total. The highest BCUT2D eigenvalue weighted by Gasteiger charge is 2.18. The van der Waals surface area contributed by atoms with Crippen molar-refractivity contribution in [3.05, 3.63) is 85.2 Å². The number of nitro groups is 1. The van der Waals surface area contributed by atoms with Gasteiger partial charge in [0.05, 0.1) is 16.5 Å². The van der Waals surface area contributed by atoms with Gasteiger partial charge in [0.2, 0.25) is 5.75 Å². The Morgan fingerprint density at radius 3 is 2.76 bits per heavy atom. The Labute approximate surface area is 172 Å². The number of nitrogens with zero attached hydrogens (tertiary/aromatic N) is 4. The molecule has 0 bridgehead atoms. The molecule has 8 nitrogen and oxygen atoms in total. The summed E-state index contributed by atoms with van der Waals surface area (Å²) in [6.45, 7) is 0. The van der Waals surface area contributed by atoms with Crippen LogP contribution in [0.4, 0.5) is 5.69 Å². The highest BCUT2D eigenvalue weighted by molar-refractivity contribution is 7.17. The van der Waals surface area contributed by atoms with Crippen molar-refractivity contribution in [3.63, 3.8) is 0 Å². The molecule has 0 saturated heterocycles. The summed E-state index contributed by atoms with van der Waals surface area (Å²) in [6.07, 6.45) is 2.38. The molecule has 0 aliphatic heterocycles. The Bertz CT molecular complexity index is 1330. The average molecular weight is 427 g/mol. The number of nitro benzene ring substituents is 1. The Kier molecular flexibility index (Phi) is 4.83. The van der Waals surface area contributed by atoms with Gasteiger partial charge in [-0.25, -0.2) is 4.98 Å². The summed E-state index contributed by atoms with van der Waals surface area (Å²) < 4.78 is 1.01. The Morgan fingerprint density at radius 2 is 2.03 bits per heavy atom. The van der Waals surface area contributed by atoms with Crippen LogP contribution in [0.1, 0.15) is 5.56 Å². The Hall–Kier alpha value is -3.56. The predicted octanol–water partition coefficient (Wildman–Crippen LogP) is 4.27. The summed E-state index contributed by atoms with van der Waals surface area (Å²) in [7, 11) is 0. The van der Waals surface area contributed by atoms with Crippen LogP contribution in [0.5, 0.6) is 5.75 Å². The highest BCUT2D eigenvalue weighted by Crippen LogP contribution is 2.32. The smallest absolute Gasteiger partial charge is 0.312 e. The van der Waals surface area contributed by atoms with E-state index in [4.69, 9.17) is 11.6 Å². The number of phenols is 1. The maximum atomic E-state index is 13.0. The van der Waals surface area contributed by atoms with Crippen molar-refractivity contribution >= 4 is 45.1 Å². The normalized spacial score (nSPS) is 11.3. The monoisotopic (exact) mass is 426 g/mol. The third-order valence-corrected chi connectivity index (χ3v) is 5.27. The first-order valence-corrected chi connectivity index (χ1v) is 9.47. The van der Waals surface area contributed by atoms with Gasteiger partial charge in [-0.2, -0.15) is 9.78 Å². The van der Waals surface area contributed by atoms with Crippen LogP contribution in [0.3, 0.4) is 0 Å². The number of hydrogen-bond acceptors (Lipinski definition) is 7. The molecule has 29 heavy (non-hydrogen) atoms. The quantitative estimate of drug-likeness (QED) is 0.297. The summed E-state index contributed by atoms with van der Waals surface area (Å²) in [5, 5.41) is 27.4. The van der Waals surface area contributed by atoms with E-state index in [0.29, 0.717) is 10.2 Å². The fourth-order valence-electron chi connectivity index (χ4n) is 2.80. The number of aromatic hydroxyl groups is 1. The number of aromatic nitrogens is 2. The van der Waals surface area contributed by atoms with Crippen molar-refractivity contribution in [3.8, 4) is 16.9 Å². The second-order valence-corrected chi connectivity index (χ2v) is 7.25. The maximum absolute atomic E-state index is 13.0. The molecule has 0 aliphatic carbocycles. The SMILES string of the molecule is O=c1c2c(-c3ccccc3)csc2ncn1/N=C\c1cc(Cl)cc([N+](=O)[O-])c1O. The van der Waals surface area contributed by atoms with Crippen LogP contribution in [-0.4, -0.2) is 25.9 Å². The lowest BCUT2D eigenvalue weighted by molar-refractivity contribution is -0.385. The zero-order chi connectivity index (χ0) is 20.5. The van der Waals surface area contributed by atoms with Gasteiger partial charge in [-0.1, -0.05) is 41.9 Å². The Balaban J connectivity index is 1.81. The molecule has 0 aliphatic rings. The molecule has 0 unspecified atom stereocenters. The molecule has 0 saturated carbocycles. The molecule has 4 aromatic rings. The van der Waals surface area contributed by atoms with Gasteiger partial charge in [-0.15, -0.1) is 11.3 Å². The number of hydrogen-bond donors (Lipinski definition) is 1. The third-order valence-electron chi connectivity index (χ3n) is 4.16. The minimum Gasteiger partial charge on any atom is -0.502 e. The van der Waals surface area contributed by atoms with Crippen LogP contribution < -0.4 is 5.56 Å². The van der Waals surface area contributed by atoms with Crippen LogP contribution in [0.25, 0.3) is 21.3 Å². The third kappa shape index (κ3) is 3.48. The van der Waals surface area contributed by atoms with Crippen molar-refractivity contribution < 1.29 is 10.0 Å². The van der Waals surface area contributed by atoms with Gasteiger partial charge in [0.15, 0.2) is 0 Å². The molecule has 2 aromatic heterocycles. The lowest BCUT2D eigenvalue weighted by Crippen LogP contribution is -2.16. The lowest BCUT2D eigenvalue weighted by atomic mass is 10.1. The van der Waals surface area contributed by atoms with Gasteiger partial charge in [0.25, 0.3) is 5.56 Å². The largest absolute Gasteiger partial charge is 0.502 e. The van der Waals surface area contributed by atoms with E-state index in [0.717, 1.165) is 28.1 Å². The van der Waals surface area contributed by atoms with E-state index in [1.54, 1.807) is 0 Å². The first kappa shape index (κ1) is 18.8. The molecule has 4 rings (SSSR count). The fraction of sp³-hybridized carbons (Fsp3) is 0. The second-order valence-electron chi connectivity index (χ2n) is 5.95. The minimum absolute atomic E-state index is 0.00444. The number of benzene rings is 2. The van der Waals surface area contributed by atoms with E-state index in [-0.39, 0.29) is 10.6 Å². The fourth-order valence-corrected chi connectivity index (χ4v) is 3.93. The molecular weight excluding hydrogens is 416 g/mol. The molecule has 0 amide bonds. The average Bonchev–Trinajstić information content (AvgIpc) is 3.15. The zero-order valence-electron chi connectivity index (χ0n) is 14.5. The molecule has 0 atom stereocenters. The van der Waals surface area contributed by atoms with E-state index in [2.05, 4.69) is 10.1 Å². The van der Waals surface area contributed by atoms with E-state index < -0.39 is 21.9 Å². The number of halogens is 1. The molecule has 10 heteroatoms. The molecule has 144 valence electrons. The van der Waals surface area contributed by atoms with Gasteiger partial charge in [0, 0.05) is 27.6 Å². The molecular formula is C19H11ClN4O4S. The maximum Gasteiger partial charge on any atom is 0.312 e. The van der Waals surface area contributed by atoms with Crippen LogP contribution >= 0.6 is 22.9 Å². The van der Waals surface area contributed by atoms with Crippen LogP contribution in [0, 0.1) is 10.1 Å². The lowest BCUT2D eigenvalue weighted by Gasteiger charge is -2.03. The van der Waals surface area contributed by atoms with Gasteiger partial charge in [0.1, 0.15) is 11.2 Å². The summed E-state index contributed by atoms with van der Waals surface area (Å²) in [6, 6.07) is 11.8. The first-order chi connectivity index (χ1) is 14.0. The predicted molar refractivity (Wildman–Crippen MR) is 112 cm³/mol.